The maximum atomic E-state index is 14.7. The second-order valence-electron chi connectivity index (χ2n) is 7.62. The van der Waals surface area contributed by atoms with Gasteiger partial charge in [-0.25, -0.2) is 12.8 Å². The summed E-state index contributed by atoms with van der Waals surface area (Å²) in [6.07, 6.45) is 0. The van der Waals surface area contributed by atoms with Gasteiger partial charge < -0.3 is 14.7 Å². The molecule has 2 aromatic rings. The molecular formula is C24H27FN2O6S. The Labute approximate surface area is 198 Å². The minimum Gasteiger partial charge on any atom is -0.507 e. The largest absolute Gasteiger partial charge is 0.507 e. The summed E-state index contributed by atoms with van der Waals surface area (Å²) in [7, 11) is -2.28. The quantitative estimate of drug-likeness (QED) is 0.329. The highest BCUT2D eigenvalue weighted by molar-refractivity contribution is 7.89. The number of aliphatic hydroxyl groups is 1. The summed E-state index contributed by atoms with van der Waals surface area (Å²) in [4.78, 5) is 26.8. The second-order valence-corrected chi connectivity index (χ2v) is 9.56. The number of hydrogen-bond donors (Lipinski definition) is 1. The van der Waals surface area contributed by atoms with Crippen LogP contribution >= 0.6 is 0 Å². The van der Waals surface area contributed by atoms with Gasteiger partial charge in [0, 0.05) is 37.9 Å². The third-order valence-corrected chi connectivity index (χ3v) is 7.81. The van der Waals surface area contributed by atoms with Crippen LogP contribution in [0.1, 0.15) is 31.0 Å². The van der Waals surface area contributed by atoms with Gasteiger partial charge in [0.1, 0.15) is 11.6 Å². The van der Waals surface area contributed by atoms with Crippen LogP contribution in [0, 0.1) is 5.82 Å². The van der Waals surface area contributed by atoms with E-state index in [9.17, 15) is 27.5 Å². The molecule has 0 spiro atoms. The summed E-state index contributed by atoms with van der Waals surface area (Å²) < 4.78 is 46.5. The van der Waals surface area contributed by atoms with Crippen LogP contribution in [0.15, 0.2) is 59.0 Å². The Hall–Kier alpha value is -3.08. The summed E-state index contributed by atoms with van der Waals surface area (Å²) in [5.74, 6) is -2.99. The zero-order chi connectivity index (χ0) is 25.0. The number of ether oxygens (including phenoxy) is 1. The Morgan fingerprint density at radius 3 is 2.26 bits per heavy atom. The van der Waals surface area contributed by atoms with Crippen LogP contribution < -0.4 is 0 Å². The number of halogens is 1. The fraction of sp³-hybridized carbons (Fsp3) is 0.333. The van der Waals surface area contributed by atoms with Crippen molar-refractivity contribution in [2.24, 2.45) is 0 Å². The highest BCUT2D eigenvalue weighted by Crippen LogP contribution is 2.40. The average Bonchev–Trinajstić information content (AvgIpc) is 3.08. The number of hydrogen-bond acceptors (Lipinski definition) is 6. The fourth-order valence-corrected chi connectivity index (χ4v) is 5.43. The third kappa shape index (κ3) is 4.61. The lowest BCUT2D eigenvalue weighted by Gasteiger charge is -2.25. The van der Waals surface area contributed by atoms with E-state index in [2.05, 4.69) is 0 Å². The number of aliphatic hydroxyl groups excluding tert-OH is 1. The smallest absolute Gasteiger partial charge is 0.295 e. The van der Waals surface area contributed by atoms with Gasteiger partial charge >= 0.3 is 0 Å². The standard InChI is InChI=1S/C24H27FN2O6S/c1-4-26(5-2)34(31,32)17-12-10-16(11-13-17)22(28)20-21(18-8-6-7-9-19(18)25)27(14-15-33-3)24(30)23(20)29/h6-13,21,28H,4-5,14-15H2,1-3H3/b22-20+/t21-/m0/s1. The first-order chi connectivity index (χ1) is 16.2. The van der Waals surface area contributed by atoms with E-state index in [-0.39, 0.29) is 34.7 Å². The molecule has 2 aromatic carbocycles. The van der Waals surface area contributed by atoms with Crippen LogP contribution in [0.25, 0.3) is 5.76 Å². The molecule has 0 bridgehead atoms. The zero-order valence-electron chi connectivity index (χ0n) is 19.2. The van der Waals surface area contributed by atoms with Crippen molar-refractivity contribution in [1.29, 1.82) is 0 Å². The average molecular weight is 491 g/mol. The second kappa shape index (κ2) is 10.5. The van der Waals surface area contributed by atoms with E-state index in [0.717, 1.165) is 4.90 Å². The van der Waals surface area contributed by atoms with Crippen molar-refractivity contribution in [2.75, 3.05) is 33.4 Å². The van der Waals surface area contributed by atoms with Crippen molar-refractivity contribution < 1.29 is 32.2 Å². The number of nitrogens with zero attached hydrogens (tertiary/aromatic N) is 2. The summed E-state index contributed by atoms with van der Waals surface area (Å²) in [6, 6.07) is 9.90. The number of likely N-dealkylation sites (tertiary alicyclic amines) is 1. The van der Waals surface area contributed by atoms with Gasteiger partial charge in [0.05, 0.1) is 23.1 Å². The van der Waals surface area contributed by atoms with E-state index in [4.69, 9.17) is 4.74 Å². The molecule has 0 saturated carbocycles. The molecule has 1 saturated heterocycles. The number of carbonyl (C=O) groups is 2. The molecule has 182 valence electrons. The molecule has 0 aliphatic carbocycles. The Kier molecular flexibility index (Phi) is 7.86. The molecule has 1 fully saturated rings. The minimum absolute atomic E-state index is 0.0118. The molecule has 1 aliphatic heterocycles. The lowest BCUT2D eigenvalue weighted by atomic mass is 9.95. The van der Waals surface area contributed by atoms with Crippen LogP contribution in [-0.4, -0.2) is 67.8 Å². The maximum absolute atomic E-state index is 14.7. The molecule has 0 unspecified atom stereocenters. The molecule has 10 heteroatoms. The fourth-order valence-electron chi connectivity index (χ4n) is 3.97. The predicted octanol–water partition coefficient (Wildman–Crippen LogP) is 2.92. The molecule has 8 nitrogen and oxygen atoms in total. The zero-order valence-corrected chi connectivity index (χ0v) is 20.0. The number of amides is 1. The summed E-state index contributed by atoms with van der Waals surface area (Å²) >= 11 is 0. The first-order valence-electron chi connectivity index (χ1n) is 10.8. The number of sulfonamides is 1. The highest BCUT2D eigenvalue weighted by Gasteiger charge is 2.46. The van der Waals surface area contributed by atoms with Crippen molar-refractivity contribution in [3.63, 3.8) is 0 Å². The monoisotopic (exact) mass is 490 g/mol. The Bertz CT molecular complexity index is 1210. The van der Waals surface area contributed by atoms with E-state index in [1.807, 2.05) is 0 Å². The molecule has 1 aliphatic rings. The van der Waals surface area contributed by atoms with Crippen LogP contribution in [0.2, 0.25) is 0 Å². The van der Waals surface area contributed by atoms with Crippen molar-refractivity contribution in [1.82, 2.24) is 9.21 Å². The lowest BCUT2D eigenvalue weighted by Crippen LogP contribution is -2.33. The van der Waals surface area contributed by atoms with E-state index >= 15 is 0 Å². The van der Waals surface area contributed by atoms with Crippen molar-refractivity contribution in [3.8, 4) is 0 Å². The number of methoxy groups -OCH3 is 1. The van der Waals surface area contributed by atoms with Gasteiger partial charge in [-0.3, -0.25) is 9.59 Å². The highest BCUT2D eigenvalue weighted by atomic mass is 32.2. The number of Topliss-reactive ketones (excluding diaryl/α,β-unsaturated/α-hetero) is 1. The lowest BCUT2D eigenvalue weighted by molar-refractivity contribution is -0.140. The molecule has 34 heavy (non-hydrogen) atoms. The molecule has 1 amide bonds. The molecule has 0 radical (unpaired) electrons. The summed E-state index contributed by atoms with van der Waals surface area (Å²) in [5.41, 5.74) is -0.0878. The number of rotatable bonds is 9. The van der Waals surface area contributed by atoms with Gasteiger partial charge in [0.2, 0.25) is 10.0 Å². The molecule has 1 heterocycles. The Morgan fingerprint density at radius 1 is 1.09 bits per heavy atom. The molecular weight excluding hydrogens is 463 g/mol. The summed E-state index contributed by atoms with van der Waals surface area (Å²) in [6.45, 7) is 4.18. The minimum atomic E-state index is -3.72. The van der Waals surface area contributed by atoms with Crippen LogP contribution in [0.3, 0.4) is 0 Å². The third-order valence-electron chi connectivity index (χ3n) is 5.75. The number of benzene rings is 2. The van der Waals surface area contributed by atoms with Gasteiger partial charge in [-0.05, 0) is 30.3 Å². The molecule has 0 aromatic heterocycles. The SMILES string of the molecule is CCN(CC)S(=O)(=O)c1ccc(/C(O)=C2\C(=O)C(=O)N(CCOC)[C@H]2c2ccccc2F)cc1. The van der Waals surface area contributed by atoms with Crippen molar-refractivity contribution in [3.05, 3.63) is 71.0 Å². The Morgan fingerprint density at radius 2 is 1.71 bits per heavy atom. The maximum Gasteiger partial charge on any atom is 0.295 e. The van der Waals surface area contributed by atoms with Crippen LogP contribution in [-0.2, 0) is 24.3 Å². The first-order valence-corrected chi connectivity index (χ1v) is 12.2. The topological polar surface area (TPSA) is 104 Å². The first kappa shape index (κ1) is 25.5. The normalized spacial score (nSPS) is 18.1. The van der Waals surface area contributed by atoms with Crippen LogP contribution in [0.4, 0.5) is 4.39 Å². The predicted molar refractivity (Wildman–Crippen MR) is 124 cm³/mol. The van der Waals surface area contributed by atoms with E-state index in [0.29, 0.717) is 13.1 Å². The number of ketones is 1. The van der Waals surface area contributed by atoms with E-state index in [1.54, 1.807) is 19.9 Å². The molecule has 3 rings (SSSR count). The van der Waals surface area contributed by atoms with Gasteiger partial charge in [0.15, 0.2) is 0 Å². The number of carbonyl (C=O) groups excluding carboxylic acids is 2. The van der Waals surface area contributed by atoms with Gasteiger partial charge in [-0.1, -0.05) is 32.0 Å². The van der Waals surface area contributed by atoms with E-state index in [1.165, 1.54) is 53.9 Å². The van der Waals surface area contributed by atoms with Crippen molar-refractivity contribution in [2.45, 2.75) is 24.8 Å². The Balaban J connectivity index is 2.11. The molecule has 1 N–H and O–H groups in total. The van der Waals surface area contributed by atoms with Crippen LogP contribution in [0.5, 0.6) is 0 Å². The van der Waals surface area contributed by atoms with E-state index < -0.39 is 39.3 Å². The molecule has 1 atom stereocenters. The summed E-state index contributed by atoms with van der Waals surface area (Å²) in [5, 5.41) is 11.0. The van der Waals surface area contributed by atoms with Gasteiger partial charge in [0.25, 0.3) is 11.7 Å². The van der Waals surface area contributed by atoms with Gasteiger partial charge in [-0.15, -0.1) is 0 Å². The van der Waals surface area contributed by atoms with Gasteiger partial charge in [-0.2, -0.15) is 4.31 Å². The van der Waals surface area contributed by atoms with Crippen molar-refractivity contribution >= 4 is 27.5 Å².